The molecule has 2 aromatic rings. The zero-order chi connectivity index (χ0) is 15.6. The first kappa shape index (κ1) is 16.2. The van der Waals surface area contributed by atoms with Crippen molar-refractivity contribution in [3.8, 4) is 0 Å². The lowest BCUT2D eigenvalue weighted by atomic mass is 10.0. The SMILES string of the molecule is O=C(CCCc1ccccc1)C(=O)CCCc1ccccc1. The third-order valence-corrected chi connectivity index (χ3v) is 3.74. The lowest BCUT2D eigenvalue weighted by Gasteiger charge is -2.02. The molecule has 0 heterocycles. The lowest BCUT2D eigenvalue weighted by Crippen LogP contribution is -2.13. The Morgan fingerprint density at radius 3 is 1.32 bits per heavy atom. The van der Waals surface area contributed by atoms with Crippen LogP contribution >= 0.6 is 0 Å². The van der Waals surface area contributed by atoms with Crippen molar-refractivity contribution in [1.29, 1.82) is 0 Å². The summed E-state index contributed by atoms with van der Waals surface area (Å²) < 4.78 is 0. The molecule has 0 amide bonds. The van der Waals surface area contributed by atoms with E-state index in [4.69, 9.17) is 0 Å². The molecule has 22 heavy (non-hydrogen) atoms. The van der Waals surface area contributed by atoms with Gasteiger partial charge in [-0.15, -0.1) is 0 Å². The second-order valence-corrected chi connectivity index (χ2v) is 5.52. The van der Waals surface area contributed by atoms with Gasteiger partial charge < -0.3 is 0 Å². The van der Waals surface area contributed by atoms with Crippen LogP contribution in [0.2, 0.25) is 0 Å². The van der Waals surface area contributed by atoms with E-state index in [-0.39, 0.29) is 11.6 Å². The van der Waals surface area contributed by atoms with E-state index in [1.54, 1.807) is 0 Å². The zero-order valence-electron chi connectivity index (χ0n) is 12.8. The van der Waals surface area contributed by atoms with Crippen LogP contribution < -0.4 is 0 Å². The Hall–Kier alpha value is -2.22. The molecule has 0 aliphatic carbocycles. The predicted molar refractivity (Wildman–Crippen MR) is 88.8 cm³/mol. The van der Waals surface area contributed by atoms with Gasteiger partial charge in [-0.2, -0.15) is 0 Å². The van der Waals surface area contributed by atoms with E-state index in [0.29, 0.717) is 12.8 Å². The van der Waals surface area contributed by atoms with Crippen LogP contribution in [-0.2, 0) is 22.4 Å². The number of carbonyl (C=O) groups excluding carboxylic acids is 2. The van der Waals surface area contributed by atoms with Crippen molar-refractivity contribution < 1.29 is 9.59 Å². The quantitative estimate of drug-likeness (QED) is 0.650. The Balaban J connectivity index is 1.63. The van der Waals surface area contributed by atoms with Gasteiger partial charge >= 0.3 is 0 Å². The fraction of sp³-hybridized carbons (Fsp3) is 0.300. The first-order valence-corrected chi connectivity index (χ1v) is 7.89. The van der Waals surface area contributed by atoms with E-state index < -0.39 is 0 Å². The maximum atomic E-state index is 11.8. The van der Waals surface area contributed by atoms with E-state index >= 15 is 0 Å². The second kappa shape index (κ2) is 8.93. The Morgan fingerprint density at radius 1 is 0.591 bits per heavy atom. The highest BCUT2D eigenvalue weighted by molar-refractivity contribution is 6.37. The van der Waals surface area contributed by atoms with E-state index in [9.17, 15) is 9.59 Å². The molecule has 0 fully saturated rings. The van der Waals surface area contributed by atoms with Gasteiger partial charge in [-0.25, -0.2) is 0 Å². The Kier molecular flexibility index (Phi) is 6.56. The number of carbonyl (C=O) groups is 2. The molecule has 0 atom stereocenters. The van der Waals surface area contributed by atoms with Crippen LogP contribution in [0.15, 0.2) is 60.7 Å². The Bertz CT molecular complexity index is 532. The molecule has 2 heteroatoms. The van der Waals surface area contributed by atoms with E-state index in [0.717, 1.165) is 25.7 Å². The third kappa shape index (κ3) is 5.65. The van der Waals surface area contributed by atoms with Crippen molar-refractivity contribution >= 4 is 11.6 Å². The largest absolute Gasteiger partial charge is 0.291 e. The summed E-state index contributed by atoms with van der Waals surface area (Å²) in [5.74, 6) is -0.437. The topological polar surface area (TPSA) is 34.1 Å². The first-order valence-electron chi connectivity index (χ1n) is 7.89. The molecular weight excluding hydrogens is 272 g/mol. The van der Waals surface area contributed by atoms with Crippen LogP contribution in [0.4, 0.5) is 0 Å². The van der Waals surface area contributed by atoms with Gasteiger partial charge in [0.15, 0.2) is 11.6 Å². The molecule has 0 saturated heterocycles. The molecule has 0 aliphatic heterocycles. The highest BCUT2D eigenvalue weighted by atomic mass is 16.2. The average Bonchev–Trinajstić information content (AvgIpc) is 2.56. The molecule has 0 spiro atoms. The molecule has 2 nitrogen and oxygen atoms in total. The molecule has 0 aromatic heterocycles. The zero-order valence-corrected chi connectivity index (χ0v) is 12.8. The molecule has 0 unspecified atom stereocenters. The van der Waals surface area contributed by atoms with Crippen molar-refractivity contribution in [2.75, 3.05) is 0 Å². The molecule has 0 bridgehead atoms. The number of hydrogen-bond donors (Lipinski definition) is 0. The summed E-state index contributed by atoms with van der Waals surface area (Å²) in [6, 6.07) is 20.1. The molecule has 0 N–H and O–H groups in total. The van der Waals surface area contributed by atoms with E-state index in [2.05, 4.69) is 0 Å². The summed E-state index contributed by atoms with van der Waals surface area (Å²) in [6.07, 6.45) is 3.91. The van der Waals surface area contributed by atoms with Crippen molar-refractivity contribution in [2.45, 2.75) is 38.5 Å². The van der Waals surface area contributed by atoms with Crippen LogP contribution in [0, 0.1) is 0 Å². The Labute approximate surface area is 132 Å². The van der Waals surface area contributed by atoms with Gasteiger partial charge in [-0.3, -0.25) is 9.59 Å². The maximum Gasteiger partial charge on any atom is 0.198 e. The predicted octanol–water partition coefficient (Wildman–Crippen LogP) is 4.17. The monoisotopic (exact) mass is 294 g/mol. The molecule has 114 valence electrons. The summed E-state index contributed by atoms with van der Waals surface area (Å²) in [5.41, 5.74) is 2.43. The van der Waals surface area contributed by atoms with E-state index in [1.165, 1.54) is 11.1 Å². The number of benzene rings is 2. The molecule has 0 saturated carbocycles. The van der Waals surface area contributed by atoms with Gasteiger partial charge in [0.1, 0.15) is 0 Å². The fourth-order valence-electron chi connectivity index (χ4n) is 2.47. The van der Waals surface area contributed by atoms with Gasteiger partial charge in [-0.05, 0) is 36.8 Å². The van der Waals surface area contributed by atoms with Crippen LogP contribution in [0.3, 0.4) is 0 Å². The normalized spacial score (nSPS) is 10.4. The highest BCUT2D eigenvalue weighted by Crippen LogP contribution is 2.08. The standard InChI is InChI=1S/C20H22O2/c21-19(15-7-13-17-9-3-1-4-10-17)20(22)16-8-14-18-11-5-2-6-12-18/h1-6,9-12H,7-8,13-16H2. The number of rotatable bonds is 9. The van der Waals surface area contributed by atoms with Crippen molar-refractivity contribution in [2.24, 2.45) is 0 Å². The number of aryl methyl sites for hydroxylation is 2. The number of Topliss-reactive ketones (excluding diaryl/α,β-unsaturated/α-hetero) is 2. The third-order valence-electron chi connectivity index (χ3n) is 3.74. The van der Waals surface area contributed by atoms with Crippen LogP contribution in [0.1, 0.15) is 36.8 Å². The van der Waals surface area contributed by atoms with Crippen LogP contribution in [0.5, 0.6) is 0 Å². The summed E-state index contributed by atoms with van der Waals surface area (Å²) in [6.45, 7) is 0. The fourth-order valence-corrected chi connectivity index (χ4v) is 2.47. The van der Waals surface area contributed by atoms with Gasteiger partial charge in [0, 0.05) is 12.8 Å². The summed E-state index contributed by atoms with van der Waals surface area (Å²) in [7, 11) is 0. The van der Waals surface area contributed by atoms with Crippen molar-refractivity contribution in [3.63, 3.8) is 0 Å². The molecule has 2 rings (SSSR count). The molecular formula is C20H22O2. The first-order chi connectivity index (χ1) is 10.8. The van der Waals surface area contributed by atoms with Gasteiger partial charge in [0.05, 0.1) is 0 Å². The summed E-state index contributed by atoms with van der Waals surface area (Å²) in [5, 5.41) is 0. The minimum atomic E-state index is -0.219. The number of hydrogen-bond acceptors (Lipinski definition) is 2. The van der Waals surface area contributed by atoms with E-state index in [1.807, 2.05) is 60.7 Å². The number of ketones is 2. The van der Waals surface area contributed by atoms with Gasteiger partial charge in [-0.1, -0.05) is 60.7 Å². The smallest absolute Gasteiger partial charge is 0.198 e. The minimum absolute atomic E-state index is 0.219. The molecule has 0 radical (unpaired) electrons. The second-order valence-electron chi connectivity index (χ2n) is 5.52. The van der Waals surface area contributed by atoms with Crippen molar-refractivity contribution in [1.82, 2.24) is 0 Å². The van der Waals surface area contributed by atoms with Crippen LogP contribution in [-0.4, -0.2) is 11.6 Å². The maximum absolute atomic E-state index is 11.8. The minimum Gasteiger partial charge on any atom is -0.291 e. The lowest BCUT2D eigenvalue weighted by molar-refractivity contribution is -0.136. The Morgan fingerprint density at radius 2 is 0.955 bits per heavy atom. The highest BCUT2D eigenvalue weighted by Gasteiger charge is 2.12. The summed E-state index contributed by atoms with van der Waals surface area (Å²) >= 11 is 0. The molecule has 2 aromatic carbocycles. The average molecular weight is 294 g/mol. The van der Waals surface area contributed by atoms with Gasteiger partial charge in [0.2, 0.25) is 0 Å². The summed E-state index contributed by atoms with van der Waals surface area (Å²) in [4.78, 5) is 23.7. The van der Waals surface area contributed by atoms with Gasteiger partial charge in [0.25, 0.3) is 0 Å². The molecule has 0 aliphatic rings. The van der Waals surface area contributed by atoms with Crippen molar-refractivity contribution in [3.05, 3.63) is 71.8 Å². The van der Waals surface area contributed by atoms with Crippen LogP contribution in [0.25, 0.3) is 0 Å².